The second-order valence-corrected chi connectivity index (χ2v) is 4.99. The van der Waals surface area contributed by atoms with Crippen LogP contribution in [0.4, 0.5) is 11.4 Å². The summed E-state index contributed by atoms with van der Waals surface area (Å²) in [6, 6.07) is 7.13. The summed E-state index contributed by atoms with van der Waals surface area (Å²) in [5, 5.41) is 8.49. The molecule has 20 heavy (non-hydrogen) atoms. The van der Waals surface area contributed by atoms with Gasteiger partial charge in [-0.1, -0.05) is 26.8 Å². The predicted molar refractivity (Wildman–Crippen MR) is 84.6 cm³/mol. The largest absolute Gasteiger partial charge is 0.332 e. The Morgan fingerprint density at radius 2 is 1.80 bits per heavy atom. The van der Waals surface area contributed by atoms with E-state index in [4.69, 9.17) is 12.2 Å². The van der Waals surface area contributed by atoms with Gasteiger partial charge in [0.2, 0.25) is 11.8 Å². The summed E-state index contributed by atoms with van der Waals surface area (Å²) in [5.41, 5.74) is 1.38. The van der Waals surface area contributed by atoms with Gasteiger partial charge < -0.3 is 16.0 Å². The van der Waals surface area contributed by atoms with Gasteiger partial charge in [-0.15, -0.1) is 0 Å². The average molecular weight is 293 g/mol. The molecule has 5 nitrogen and oxygen atoms in total. The molecule has 0 bridgehead atoms. The number of anilines is 2. The van der Waals surface area contributed by atoms with E-state index in [2.05, 4.69) is 16.0 Å². The van der Waals surface area contributed by atoms with E-state index in [0.29, 0.717) is 17.8 Å². The fraction of sp³-hybridized carbons (Fsp3) is 0.357. The van der Waals surface area contributed by atoms with Crippen molar-refractivity contribution in [3.63, 3.8) is 0 Å². The van der Waals surface area contributed by atoms with Gasteiger partial charge in [0.1, 0.15) is 0 Å². The Labute approximate surface area is 124 Å². The first-order valence-corrected chi connectivity index (χ1v) is 6.85. The Morgan fingerprint density at radius 1 is 1.20 bits per heavy atom. The molecule has 2 amide bonds. The summed E-state index contributed by atoms with van der Waals surface area (Å²) in [4.78, 5) is 22.8. The molecule has 0 aliphatic carbocycles. The van der Waals surface area contributed by atoms with Gasteiger partial charge in [-0.25, -0.2) is 0 Å². The molecule has 0 unspecified atom stereocenters. The molecule has 1 aromatic rings. The van der Waals surface area contributed by atoms with Crippen molar-refractivity contribution in [2.75, 3.05) is 10.6 Å². The van der Waals surface area contributed by atoms with E-state index >= 15 is 0 Å². The number of benzene rings is 1. The average Bonchev–Trinajstić information content (AvgIpc) is 2.38. The van der Waals surface area contributed by atoms with E-state index in [-0.39, 0.29) is 22.8 Å². The highest BCUT2D eigenvalue weighted by molar-refractivity contribution is 7.80. The maximum atomic E-state index is 11.5. The van der Waals surface area contributed by atoms with Crippen molar-refractivity contribution in [2.24, 2.45) is 5.92 Å². The van der Waals surface area contributed by atoms with Crippen LogP contribution >= 0.6 is 12.2 Å². The molecular weight excluding hydrogens is 274 g/mol. The summed E-state index contributed by atoms with van der Waals surface area (Å²) >= 11 is 5.06. The second-order valence-electron chi connectivity index (χ2n) is 4.58. The number of hydrogen-bond acceptors (Lipinski definition) is 3. The molecule has 0 aliphatic heterocycles. The van der Waals surface area contributed by atoms with Crippen LogP contribution in [0, 0.1) is 5.92 Å². The van der Waals surface area contributed by atoms with Gasteiger partial charge >= 0.3 is 0 Å². The first-order valence-electron chi connectivity index (χ1n) is 6.44. The van der Waals surface area contributed by atoms with E-state index in [1.54, 1.807) is 45.0 Å². The minimum absolute atomic E-state index is 0.0576. The Morgan fingerprint density at radius 3 is 2.35 bits per heavy atom. The van der Waals surface area contributed by atoms with Crippen LogP contribution in [0.5, 0.6) is 0 Å². The van der Waals surface area contributed by atoms with Crippen molar-refractivity contribution in [3.8, 4) is 0 Å². The zero-order valence-electron chi connectivity index (χ0n) is 11.8. The lowest BCUT2D eigenvalue weighted by Gasteiger charge is -2.12. The molecule has 0 fully saturated rings. The standard InChI is InChI=1S/C14H19N3O2S/c1-4-12(18)15-10-6-5-7-11(8-10)16-14(20)17-13(19)9(2)3/h5-9H,4H2,1-3H3,(H,15,18)(H2,16,17,19,20). The SMILES string of the molecule is CCC(=O)Nc1cccc(NC(=S)NC(=O)C(C)C)c1. The monoisotopic (exact) mass is 293 g/mol. The summed E-state index contributed by atoms with van der Waals surface area (Å²) in [5.74, 6) is -0.333. The Hall–Kier alpha value is -1.95. The third-order valence-electron chi connectivity index (χ3n) is 2.49. The highest BCUT2D eigenvalue weighted by atomic mass is 32.1. The molecule has 0 atom stereocenters. The van der Waals surface area contributed by atoms with Gasteiger partial charge in [-0.3, -0.25) is 9.59 Å². The fourth-order valence-electron chi connectivity index (χ4n) is 1.34. The number of amides is 2. The van der Waals surface area contributed by atoms with Crippen molar-refractivity contribution >= 4 is 40.5 Å². The molecule has 3 N–H and O–H groups in total. The molecule has 108 valence electrons. The van der Waals surface area contributed by atoms with E-state index in [9.17, 15) is 9.59 Å². The van der Waals surface area contributed by atoms with Crippen molar-refractivity contribution in [1.29, 1.82) is 0 Å². The highest BCUT2D eigenvalue weighted by Gasteiger charge is 2.09. The van der Waals surface area contributed by atoms with Crippen LogP contribution in [-0.4, -0.2) is 16.9 Å². The van der Waals surface area contributed by atoms with E-state index in [0.717, 1.165) is 0 Å². The zero-order valence-corrected chi connectivity index (χ0v) is 12.6. The van der Waals surface area contributed by atoms with E-state index in [1.807, 2.05) is 0 Å². The molecule has 6 heteroatoms. The molecule has 0 aromatic heterocycles. The van der Waals surface area contributed by atoms with Crippen molar-refractivity contribution in [3.05, 3.63) is 24.3 Å². The zero-order chi connectivity index (χ0) is 15.1. The number of carbonyl (C=O) groups is 2. The quantitative estimate of drug-likeness (QED) is 0.746. The maximum absolute atomic E-state index is 11.5. The summed E-state index contributed by atoms with van der Waals surface area (Å²) in [6.45, 7) is 5.37. The molecule has 1 rings (SSSR count). The lowest BCUT2D eigenvalue weighted by molar-refractivity contribution is -0.122. The highest BCUT2D eigenvalue weighted by Crippen LogP contribution is 2.15. The Bertz CT molecular complexity index is 515. The Kier molecular flexibility index (Phi) is 6.11. The molecule has 0 aliphatic rings. The van der Waals surface area contributed by atoms with E-state index in [1.165, 1.54) is 0 Å². The first kappa shape index (κ1) is 16.1. The second kappa shape index (κ2) is 7.59. The summed E-state index contributed by atoms with van der Waals surface area (Å²) in [7, 11) is 0. The van der Waals surface area contributed by atoms with Crippen LogP contribution in [0.25, 0.3) is 0 Å². The lowest BCUT2D eigenvalue weighted by atomic mass is 10.2. The van der Waals surface area contributed by atoms with Gasteiger partial charge in [0.05, 0.1) is 0 Å². The number of thiocarbonyl (C=S) groups is 1. The van der Waals surface area contributed by atoms with Crippen LogP contribution < -0.4 is 16.0 Å². The fourth-order valence-corrected chi connectivity index (χ4v) is 1.56. The third kappa shape index (κ3) is 5.36. The van der Waals surface area contributed by atoms with Gasteiger partial charge in [-0.05, 0) is 30.4 Å². The number of rotatable bonds is 4. The number of hydrogen-bond donors (Lipinski definition) is 3. The minimum atomic E-state index is -0.141. The molecule has 0 radical (unpaired) electrons. The summed E-state index contributed by atoms with van der Waals surface area (Å²) < 4.78 is 0. The van der Waals surface area contributed by atoms with Gasteiger partial charge in [-0.2, -0.15) is 0 Å². The van der Waals surface area contributed by atoms with Crippen molar-refractivity contribution in [2.45, 2.75) is 27.2 Å². The van der Waals surface area contributed by atoms with Gasteiger partial charge in [0.15, 0.2) is 5.11 Å². The van der Waals surface area contributed by atoms with Crippen molar-refractivity contribution in [1.82, 2.24) is 5.32 Å². The lowest BCUT2D eigenvalue weighted by Crippen LogP contribution is -2.36. The normalized spacial score (nSPS) is 10.0. The molecule has 0 saturated carbocycles. The van der Waals surface area contributed by atoms with Crippen molar-refractivity contribution < 1.29 is 9.59 Å². The van der Waals surface area contributed by atoms with Crippen LogP contribution in [0.15, 0.2) is 24.3 Å². The van der Waals surface area contributed by atoms with Crippen LogP contribution in [0.1, 0.15) is 27.2 Å². The van der Waals surface area contributed by atoms with Crippen LogP contribution in [0.2, 0.25) is 0 Å². The number of nitrogens with one attached hydrogen (secondary N) is 3. The number of carbonyl (C=O) groups excluding carboxylic acids is 2. The molecule has 0 heterocycles. The van der Waals surface area contributed by atoms with Crippen LogP contribution in [-0.2, 0) is 9.59 Å². The molecule has 1 aromatic carbocycles. The Balaban J connectivity index is 2.64. The molecule has 0 saturated heterocycles. The predicted octanol–water partition coefficient (Wildman–Crippen LogP) is 2.50. The van der Waals surface area contributed by atoms with E-state index < -0.39 is 0 Å². The smallest absolute Gasteiger partial charge is 0.228 e. The van der Waals surface area contributed by atoms with Crippen LogP contribution in [0.3, 0.4) is 0 Å². The maximum Gasteiger partial charge on any atom is 0.228 e. The van der Waals surface area contributed by atoms with Gasteiger partial charge in [0.25, 0.3) is 0 Å². The molecular formula is C14H19N3O2S. The summed E-state index contributed by atoms with van der Waals surface area (Å²) in [6.07, 6.45) is 0.417. The third-order valence-corrected chi connectivity index (χ3v) is 2.69. The van der Waals surface area contributed by atoms with Gasteiger partial charge in [0, 0.05) is 23.7 Å². The first-order chi connectivity index (χ1) is 9.42. The minimum Gasteiger partial charge on any atom is -0.332 e. The molecule has 0 spiro atoms. The topological polar surface area (TPSA) is 70.2 Å².